The molecule has 24 bridgehead atoms. The molecule has 3 aliphatic carbocycles. The number of para-hydroxylation sites is 4. The van der Waals surface area contributed by atoms with Gasteiger partial charge in [-0.05, 0) is 203 Å². The molecule has 12 aromatic carbocycles. The molecule has 0 spiro atoms. The third kappa shape index (κ3) is 33.1. The first-order valence-electron chi connectivity index (χ1n) is 43.9. The van der Waals surface area contributed by atoms with Crippen molar-refractivity contribution >= 4 is 160 Å². The first-order chi connectivity index (χ1) is 63.5. The van der Waals surface area contributed by atoms with Crippen molar-refractivity contribution in [2.45, 2.75) is 191 Å². The number of benzene rings is 12. The number of ether oxygens (including phenoxy) is 2. The van der Waals surface area contributed by atoms with Gasteiger partial charge in [0.2, 0.25) is 0 Å². The summed E-state index contributed by atoms with van der Waals surface area (Å²) in [5.41, 5.74) is 23.6. The van der Waals surface area contributed by atoms with Crippen LogP contribution in [0.25, 0.3) is 0 Å². The van der Waals surface area contributed by atoms with Crippen LogP contribution in [-0.2, 0) is 110 Å². The fourth-order valence-electron chi connectivity index (χ4n) is 17.3. The van der Waals surface area contributed by atoms with Crippen LogP contribution in [0.2, 0.25) is 0 Å². The van der Waals surface area contributed by atoms with E-state index >= 15 is 0 Å². The van der Waals surface area contributed by atoms with Gasteiger partial charge in [-0.1, -0.05) is 278 Å². The second-order valence-corrected chi connectivity index (χ2v) is 62.6. The zero-order valence-corrected chi connectivity index (χ0v) is 87.7. The number of hydrogen-bond acceptors (Lipinski definition) is 14. The van der Waals surface area contributed by atoms with Gasteiger partial charge in [-0.25, -0.2) is 0 Å². The Labute approximate surface area is 875 Å². The van der Waals surface area contributed by atoms with Gasteiger partial charge in [0, 0.05) is 120 Å². The number of phenolic OH excluding ortho intramolecular Hbond substituents is 12. The van der Waals surface area contributed by atoms with Crippen molar-refractivity contribution in [1.29, 1.82) is 0 Å². The van der Waals surface area contributed by atoms with Crippen LogP contribution in [0.1, 0.15) is 238 Å². The third-order valence-corrected chi connectivity index (χ3v) is 24.9. The van der Waals surface area contributed by atoms with E-state index in [1.54, 1.807) is 0 Å². The molecule has 1 heterocycles. The normalized spacial score (nSPS) is 12.8. The maximum absolute atomic E-state index is 11.4. The molecule has 0 unspecified atom stereocenters. The summed E-state index contributed by atoms with van der Waals surface area (Å²) in [7, 11) is 20.1. The van der Waals surface area contributed by atoms with Crippen molar-refractivity contribution in [3.63, 3.8) is 0 Å². The van der Waals surface area contributed by atoms with E-state index in [1.807, 2.05) is 198 Å². The zero-order chi connectivity index (χ0) is 96.5. The van der Waals surface area contributed by atoms with Crippen LogP contribution in [0.5, 0.6) is 69.0 Å². The topological polar surface area (TPSA) is 261 Å². The molecule has 1 fully saturated rings. The molecule has 29 heteroatoms. The van der Waals surface area contributed by atoms with Gasteiger partial charge in [0.1, 0.15) is 75.1 Å². The first kappa shape index (κ1) is 114. The summed E-state index contributed by atoms with van der Waals surface area (Å²) in [4.78, 5) is 0. The van der Waals surface area contributed by atoms with Crippen molar-refractivity contribution in [2.75, 3.05) is 25.9 Å². The van der Waals surface area contributed by atoms with Crippen LogP contribution < -0.4 is 18.9 Å². The molecule has 0 saturated carbocycles. The Bertz CT molecular complexity index is 5060. The number of aromatic hydroxyl groups is 12. The number of phenols is 12. The summed E-state index contributed by atoms with van der Waals surface area (Å²) >= 11 is 41.4. The second kappa shape index (κ2) is 55.1. The van der Waals surface area contributed by atoms with Crippen LogP contribution in [-0.4, -0.2) is 123 Å². The van der Waals surface area contributed by atoms with E-state index in [0.29, 0.717) is 146 Å². The van der Waals surface area contributed by atoms with Crippen molar-refractivity contribution in [3.05, 3.63) is 348 Å². The Morgan fingerprint density at radius 1 is 0.289 bits per heavy atom. The molecule has 14 nitrogen and oxygen atoms in total. The zero-order valence-electron chi connectivity index (χ0n) is 76.8. The molecule has 716 valence electrons. The molecule has 16 rings (SSSR count). The fraction of sp³-hybridized carbons (Fsp3) is 0.321. The minimum atomic E-state index is -3.29. The van der Waals surface area contributed by atoms with Crippen molar-refractivity contribution in [3.8, 4) is 69.0 Å². The first-order valence-corrected chi connectivity index (χ1v) is 62.3. The molecule has 135 heavy (non-hydrogen) atoms. The summed E-state index contributed by atoms with van der Waals surface area (Å²) in [6.45, 7) is 13.0. The second-order valence-electron chi connectivity index (χ2n) is 33.9. The average Bonchev–Trinajstić information content (AvgIpc) is 0.889. The van der Waals surface area contributed by atoms with Crippen molar-refractivity contribution < 1.29 is 91.0 Å². The van der Waals surface area contributed by atoms with Crippen LogP contribution >= 0.6 is 128 Å². The van der Waals surface area contributed by atoms with Gasteiger partial charge < -0.3 is 72.2 Å². The maximum atomic E-state index is 11.4. The third-order valence-electron chi connectivity index (χ3n) is 23.5. The summed E-state index contributed by atoms with van der Waals surface area (Å²) in [5.74, 6) is 2.70. The maximum Gasteiger partial charge on any atom is 1.00 e. The van der Waals surface area contributed by atoms with Gasteiger partial charge in [0.05, 0.1) is 0 Å². The van der Waals surface area contributed by atoms with E-state index in [0.717, 1.165) is 115 Å². The van der Waals surface area contributed by atoms with Gasteiger partial charge in [0.15, 0.2) is 21.7 Å². The molecular formula is C106H116AlCl12LiO14Sn. The summed E-state index contributed by atoms with van der Waals surface area (Å²) in [6, 6.07) is 52.8. The molecular weight excluding hydrogens is 2080 g/mol. The molecule has 12 N–H and O–H groups in total. The minimum absolute atomic E-state index is 0. The van der Waals surface area contributed by atoms with Gasteiger partial charge in [0.25, 0.3) is 0 Å². The van der Waals surface area contributed by atoms with Crippen molar-refractivity contribution in [2.24, 2.45) is 0 Å². The van der Waals surface area contributed by atoms with E-state index in [1.165, 1.54) is 44.9 Å². The Hall–Kier alpha value is -6.43. The predicted molar refractivity (Wildman–Crippen MR) is 560 cm³/mol. The van der Waals surface area contributed by atoms with Crippen molar-refractivity contribution in [1.82, 2.24) is 0 Å². The smallest absolute Gasteiger partial charge is 1.00 e. The Balaban J connectivity index is 0.000000244. The number of aryl methyl sites for hydroxylation is 4. The molecule has 12 aromatic rings. The van der Waals surface area contributed by atoms with Gasteiger partial charge in [-0.15, -0.1) is 46.4 Å². The quantitative estimate of drug-likeness (QED) is 0.0309. The van der Waals surface area contributed by atoms with Crippen LogP contribution in [0, 0.1) is 27.7 Å². The number of alkyl halides is 8. The number of unbranched alkanes of at least 4 members (excludes halogenated alkanes) is 5. The number of rotatable bonds is 12. The van der Waals surface area contributed by atoms with E-state index in [-0.39, 0.29) is 156 Å². The summed E-state index contributed by atoms with van der Waals surface area (Å²) < 4.78 is 9.20. The van der Waals surface area contributed by atoms with Gasteiger partial charge in [-0.3, -0.25) is 0 Å². The SMILES string of the molecule is C1CCOC1.CCCCCCCCOCCl.Cc1cc2c(O)c(c1)Cc1cc(C)cc(c1O)Cc1cc(C)cc(c1O)Cc1cc(C)cc(c1O)C2.ClC(Cl)Cl.Oc1c2cc(CCl)cc1Cc1cc(CCl)cc(c1O)Cc1cc(CCl)cc(c1O)Cc1cc(CCl)cc(c1O)C2.Oc1c2cccc1Cc1cccc(c1O)Cc1cccc(c1O)Cc1cccc(c1O)C2.[AlH3].[Cl][Sn]([Cl])([Cl])[Cl].[H-].[Li+]. The van der Waals surface area contributed by atoms with Crippen LogP contribution in [0.15, 0.2) is 170 Å². The Morgan fingerprint density at radius 3 is 0.600 bits per heavy atom. The summed E-state index contributed by atoms with van der Waals surface area (Å²) in [6.07, 6.45) is 14.3. The van der Waals surface area contributed by atoms with E-state index in [9.17, 15) is 61.3 Å². The van der Waals surface area contributed by atoms with E-state index in [2.05, 4.69) is 6.92 Å². The van der Waals surface area contributed by atoms with Crippen LogP contribution in [0.3, 0.4) is 0 Å². The molecule has 4 aliphatic rings. The Morgan fingerprint density at radius 2 is 0.444 bits per heavy atom. The largest absolute Gasteiger partial charge is 1.00 e. The molecule has 0 aromatic heterocycles. The number of halogens is 12. The summed E-state index contributed by atoms with van der Waals surface area (Å²) in [5, 5.41) is 134. The van der Waals surface area contributed by atoms with Gasteiger partial charge in [-0.2, -0.15) is 0 Å². The predicted octanol–water partition coefficient (Wildman–Crippen LogP) is 24.4. The van der Waals surface area contributed by atoms with E-state index in [4.69, 9.17) is 138 Å². The molecule has 0 amide bonds. The molecule has 0 atom stereocenters. The van der Waals surface area contributed by atoms with E-state index < -0.39 is 18.2 Å². The molecule has 0 radical (unpaired) electrons. The Kier molecular flexibility index (Phi) is 46.5. The monoisotopic (exact) mass is 2190 g/mol. The van der Waals surface area contributed by atoms with Crippen LogP contribution in [0.4, 0.5) is 0 Å². The molecule has 1 saturated heterocycles. The molecule has 1 aliphatic heterocycles. The minimum Gasteiger partial charge on any atom is -1.00 e. The average molecular weight is 2190 g/mol. The number of fused-ring (bicyclic) bond motifs is 24. The van der Waals surface area contributed by atoms with Gasteiger partial charge >= 0.3 is 68.4 Å². The fourth-order valence-corrected chi connectivity index (χ4v) is 18.0. The standard InChI is InChI=1S/C32H28Cl4O4.C32H32O4.C28H24O4.C9H19ClO.C4H8O.CHCl3.Al.4ClH.Li.Sn.4H/c33-13-17-1-21-9-23-3-18(14-34)4-25(30(23)38)11-26-7-20(16-36)8-28(32(26)40)12-27-6-19(15-35)5-24(31(27)39)10-22(2-17)29(21)37;1-17-5-21-13-23-7-18(2)9-25(30(23)34)15-27-11-20(4)12-28(32(27)36)16-26-10-19(3)8-24(31(26)35)14-22(6-17)29(21)33;29-25-17-5-1-6-18(25)14-20-8-3-10-22(27(20)31)16-24-12-4-11-23(28(24)32)15-21-9-2-7-19(13-17)26(21)30;1-2-3-4-5-6-7-8-11-9-10;1-2-4-5-3-1;2-1(3)4;;;;;;;;;;;/h1-8,37-40H,9-16H2;5-12,33-36H,13-16H2,1-4H3;1-12,29-32H,13-16H2;2-9H2,1H3;1-4H2;1H;;4*1H;;;;;;/q;;;;;;;;;;;+1;+4;;;;-1/p-4. The number of hydrogen-bond donors (Lipinski definition) is 12.